The number of carbonyl (C=O) groups excluding carboxylic acids is 1. The van der Waals surface area contributed by atoms with Crippen molar-refractivity contribution in [2.24, 2.45) is 5.41 Å². The highest BCUT2D eigenvalue weighted by molar-refractivity contribution is 6.05. The summed E-state index contributed by atoms with van der Waals surface area (Å²) in [5, 5.41) is 10.9. The number of halogens is 2. The van der Waals surface area contributed by atoms with Gasteiger partial charge in [0.1, 0.15) is 0 Å². The molecule has 6 nitrogen and oxygen atoms in total. The summed E-state index contributed by atoms with van der Waals surface area (Å²) in [6, 6.07) is 8.38. The lowest BCUT2D eigenvalue weighted by Crippen LogP contribution is -2.46. The number of amides is 1. The minimum Gasteiger partial charge on any atom is -0.348 e. The van der Waals surface area contributed by atoms with Crippen molar-refractivity contribution < 1.29 is 13.6 Å². The third-order valence-corrected chi connectivity index (χ3v) is 7.65. The number of benzene rings is 2. The molecule has 2 aromatic carbocycles. The van der Waals surface area contributed by atoms with Gasteiger partial charge in [0.2, 0.25) is 0 Å². The van der Waals surface area contributed by atoms with E-state index in [1.807, 2.05) is 0 Å². The van der Waals surface area contributed by atoms with Gasteiger partial charge in [-0.25, -0.2) is 8.78 Å². The monoisotopic (exact) mass is 523 g/mol. The van der Waals surface area contributed by atoms with Gasteiger partial charge in [0.25, 0.3) is 5.91 Å². The van der Waals surface area contributed by atoms with Crippen LogP contribution in [0.5, 0.6) is 0 Å². The van der Waals surface area contributed by atoms with Gasteiger partial charge in [-0.2, -0.15) is 5.10 Å². The van der Waals surface area contributed by atoms with Crippen LogP contribution in [0.25, 0.3) is 22.0 Å². The SMILES string of the molecule is CC(C)(C)CN1CCC(NC(=O)c2n[nH]c3ccc(-c4cc(CN5CCCCC5)cc(F)c4F)cc23)CC1. The van der Waals surface area contributed by atoms with E-state index in [0.717, 1.165) is 64.0 Å². The Labute approximate surface area is 223 Å². The predicted molar refractivity (Wildman–Crippen MR) is 147 cm³/mol. The minimum atomic E-state index is -0.872. The molecule has 2 aliphatic heterocycles. The molecule has 2 fully saturated rings. The number of aromatic amines is 1. The molecule has 2 saturated heterocycles. The van der Waals surface area contributed by atoms with E-state index >= 15 is 0 Å². The average molecular weight is 524 g/mol. The summed E-state index contributed by atoms with van der Waals surface area (Å²) in [6.45, 7) is 12.2. The van der Waals surface area contributed by atoms with Crippen LogP contribution >= 0.6 is 0 Å². The molecule has 0 bridgehead atoms. The number of rotatable bonds is 6. The lowest BCUT2D eigenvalue weighted by Gasteiger charge is -2.36. The number of hydrogen-bond donors (Lipinski definition) is 2. The number of carbonyl (C=O) groups is 1. The Morgan fingerprint density at radius 2 is 1.76 bits per heavy atom. The van der Waals surface area contributed by atoms with Gasteiger partial charge in [0.15, 0.2) is 17.3 Å². The molecule has 3 heterocycles. The maximum absolute atomic E-state index is 15.0. The van der Waals surface area contributed by atoms with Crippen LogP contribution in [0.2, 0.25) is 0 Å². The largest absolute Gasteiger partial charge is 0.348 e. The lowest BCUT2D eigenvalue weighted by molar-refractivity contribution is 0.0892. The first-order valence-electron chi connectivity index (χ1n) is 13.9. The molecule has 204 valence electrons. The van der Waals surface area contributed by atoms with Crippen molar-refractivity contribution in [3.8, 4) is 11.1 Å². The second kappa shape index (κ2) is 11.1. The highest BCUT2D eigenvalue weighted by Crippen LogP contribution is 2.30. The van der Waals surface area contributed by atoms with Crippen molar-refractivity contribution >= 4 is 16.8 Å². The van der Waals surface area contributed by atoms with Crippen molar-refractivity contribution in [2.45, 2.75) is 65.5 Å². The summed E-state index contributed by atoms with van der Waals surface area (Å²) in [4.78, 5) is 17.9. The quantitative estimate of drug-likeness (QED) is 0.433. The molecular formula is C30H39F2N5O. The van der Waals surface area contributed by atoms with E-state index in [-0.39, 0.29) is 28.6 Å². The Bertz CT molecular complexity index is 1280. The van der Waals surface area contributed by atoms with Gasteiger partial charge in [0.05, 0.1) is 5.52 Å². The number of fused-ring (bicyclic) bond motifs is 1. The normalized spacial score (nSPS) is 18.2. The number of H-pyrrole nitrogens is 1. The molecule has 0 saturated carbocycles. The Hall–Kier alpha value is -2.84. The molecule has 0 atom stereocenters. The first-order chi connectivity index (χ1) is 18.2. The van der Waals surface area contributed by atoms with Gasteiger partial charge in [-0.1, -0.05) is 33.3 Å². The third-order valence-electron chi connectivity index (χ3n) is 7.65. The molecule has 8 heteroatoms. The first kappa shape index (κ1) is 26.8. The molecule has 2 aliphatic rings. The van der Waals surface area contributed by atoms with E-state index < -0.39 is 11.6 Å². The Morgan fingerprint density at radius 1 is 1.03 bits per heavy atom. The van der Waals surface area contributed by atoms with Crippen LogP contribution in [0.4, 0.5) is 8.78 Å². The highest BCUT2D eigenvalue weighted by atomic mass is 19.2. The van der Waals surface area contributed by atoms with E-state index in [0.29, 0.717) is 23.0 Å². The molecule has 0 aliphatic carbocycles. The van der Waals surface area contributed by atoms with Crippen molar-refractivity contribution in [2.75, 3.05) is 32.7 Å². The van der Waals surface area contributed by atoms with E-state index in [9.17, 15) is 13.6 Å². The molecule has 38 heavy (non-hydrogen) atoms. The maximum Gasteiger partial charge on any atom is 0.272 e. The molecule has 0 radical (unpaired) electrons. The van der Waals surface area contributed by atoms with Gasteiger partial charge >= 0.3 is 0 Å². The molecule has 2 N–H and O–H groups in total. The van der Waals surface area contributed by atoms with Crippen LogP contribution in [-0.2, 0) is 6.54 Å². The molecule has 3 aromatic rings. The number of aromatic nitrogens is 2. The summed E-state index contributed by atoms with van der Waals surface area (Å²) in [7, 11) is 0. The fourth-order valence-electron chi connectivity index (χ4n) is 5.84. The zero-order chi connectivity index (χ0) is 26.9. The van der Waals surface area contributed by atoms with Crippen molar-refractivity contribution in [1.29, 1.82) is 0 Å². The van der Waals surface area contributed by atoms with Gasteiger partial charge in [-0.05, 0) is 79.6 Å². The molecule has 0 spiro atoms. The van der Waals surface area contributed by atoms with Crippen molar-refractivity contribution in [3.05, 3.63) is 53.2 Å². The molecular weight excluding hydrogens is 484 g/mol. The zero-order valence-electron chi connectivity index (χ0n) is 22.7. The number of piperidine rings is 2. The molecule has 1 amide bonds. The van der Waals surface area contributed by atoms with Gasteiger partial charge in [-0.3, -0.25) is 14.8 Å². The van der Waals surface area contributed by atoms with E-state index in [4.69, 9.17) is 0 Å². The minimum absolute atomic E-state index is 0.0895. The predicted octanol–water partition coefficient (Wildman–Crippen LogP) is 5.73. The van der Waals surface area contributed by atoms with Crippen LogP contribution in [0.1, 0.15) is 68.9 Å². The maximum atomic E-state index is 15.0. The van der Waals surface area contributed by atoms with Crippen LogP contribution < -0.4 is 5.32 Å². The topological polar surface area (TPSA) is 64.3 Å². The van der Waals surface area contributed by atoms with E-state index in [1.54, 1.807) is 24.3 Å². The Balaban J connectivity index is 1.33. The van der Waals surface area contributed by atoms with Crippen LogP contribution in [0.3, 0.4) is 0 Å². The van der Waals surface area contributed by atoms with Gasteiger partial charge < -0.3 is 10.2 Å². The third kappa shape index (κ3) is 6.24. The number of nitrogens with zero attached hydrogens (tertiary/aromatic N) is 3. The lowest BCUT2D eigenvalue weighted by atomic mass is 9.94. The summed E-state index contributed by atoms with van der Waals surface area (Å²) < 4.78 is 29.6. The molecule has 0 unspecified atom stereocenters. The standard InChI is InChI=1S/C30H39F2N5O/c1-30(2,3)19-37-13-9-22(10-14-37)33-29(38)28-24-17-21(7-8-26(24)34-35-28)23-15-20(16-25(31)27(23)32)18-36-11-5-4-6-12-36/h7-8,15-17,22H,4-6,9-14,18-19H2,1-3H3,(H,33,38)(H,34,35). The Kier molecular flexibility index (Phi) is 7.82. The fourth-order valence-corrected chi connectivity index (χ4v) is 5.84. The second-order valence-corrected chi connectivity index (χ2v) is 12.2. The van der Waals surface area contributed by atoms with Crippen molar-refractivity contribution in [3.63, 3.8) is 0 Å². The summed E-state index contributed by atoms with van der Waals surface area (Å²) >= 11 is 0. The van der Waals surface area contributed by atoms with Crippen LogP contribution in [-0.4, -0.2) is 64.7 Å². The van der Waals surface area contributed by atoms with E-state index in [2.05, 4.69) is 46.1 Å². The zero-order valence-corrected chi connectivity index (χ0v) is 22.7. The smallest absolute Gasteiger partial charge is 0.272 e. The number of likely N-dealkylation sites (tertiary alicyclic amines) is 2. The van der Waals surface area contributed by atoms with Crippen LogP contribution in [0, 0.1) is 17.0 Å². The van der Waals surface area contributed by atoms with E-state index in [1.165, 1.54) is 12.5 Å². The molecule has 1 aromatic heterocycles. The Morgan fingerprint density at radius 3 is 2.47 bits per heavy atom. The molecule has 5 rings (SSSR count). The summed E-state index contributed by atoms with van der Waals surface area (Å²) in [5.74, 6) is -1.96. The number of nitrogens with one attached hydrogen (secondary N) is 2. The summed E-state index contributed by atoms with van der Waals surface area (Å²) in [6.07, 6.45) is 5.27. The first-order valence-corrected chi connectivity index (χ1v) is 13.9. The second-order valence-electron chi connectivity index (χ2n) is 12.2. The average Bonchev–Trinajstić information content (AvgIpc) is 3.30. The van der Waals surface area contributed by atoms with Crippen LogP contribution in [0.15, 0.2) is 30.3 Å². The van der Waals surface area contributed by atoms with Gasteiger partial charge in [0, 0.05) is 43.2 Å². The highest BCUT2D eigenvalue weighted by Gasteiger charge is 2.26. The van der Waals surface area contributed by atoms with Gasteiger partial charge in [-0.15, -0.1) is 0 Å². The number of hydrogen-bond acceptors (Lipinski definition) is 4. The van der Waals surface area contributed by atoms with Crippen molar-refractivity contribution in [1.82, 2.24) is 25.3 Å². The fraction of sp³-hybridized carbons (Fsp3) is 0.533. The summed E-state index contributed by atoms with van der Waals surface area (Å²) in [5.41, 5.74) is 2.70.